The van der Waals surface area contributed by atoms with Gasteiger partial charge in [0.2, 0.25) is 0 Å². The van der Waals surface area contributed by atoms with Gasteiger partial charge in [0.15, 0.2) is 0 Å². The highest BCUT2D eigenvalue weighted by Crippen LogP contribution is 2.37. The second-order valence-electron chi connectivity index (χ2n) is 5.34. The van der Waals surface area contributed by atoms with E-state index in [2.05, 4.69) is 33.4 Å². The molecule has 0 bridgehead atoms. The minimum atomic E-state index is 0.510. The molecule has 3 nitrogen and oxygen atoms in total. The van der Waals surface area contributed by atoms with Crippen molar-refractivity contribution < 1.29 is 0 Å². The summed E-state index contributed by atoms with van der Waals surface area (Å²) in [5.41, 5.74) is 4.06. The number of hydrogen-bond donors (Lipinski definition) is 1. The van der Waals surface area contributed by atoms with Gasteiger partial charge in [-0.2, -0.15) is 5.10 Å². The largest absolute Gasteiger partial charge is 0.369 e. The van der Waals surface area contributed by atoms with Crippen molar-refractivity contribution in [1.82, 2.24) is 9.78 Å². The first-order chi connectivity index (χ1) is 11.1. The first kappa shape index (κ1) is 15.1. The summed E-state index contributed by atoms with van der Waals surface area (Å²) in [4.78, 5) is 0. The number of rotatable bonds is 2. The van der Waals surface area contributed by atoms with Crippen molar-refractivity contribution >= 4 is 44.9 Å². The van der Waals surface area contributed by atoms with Crippen LogP contribution < -0.4 is 5.32 Å². The third-order valence-electron chi connectivity index (χ3n) is 3.93. The van der Waals surface area contributed by atoms with Gasteiger partial charge in [-0.1, -0.05) is 57.3 Å². The molecule has 0 fully saturated rings. The van der Waals surface area contributed by atoms with Crippen molar-refractivity contribution in [2.75, 3.05) is 11.9 Å². The van der Waals surface area contributed by atoms with Crippen LogP contribution in [0.2, 0.25) is 10.0 Å². The van der Waals surface area contributed by atoms with Crippen LogP contribution in [0.5, 0.6) is 0 Å². The van der Waals surface area contributed by atoms with Crippen LogP contribution in [0, 0.1) is 0 Å². The molecular formula is C17H12BrCl2N3. The summed E-state index contributed by atoms with van der Waals surface area (Å²) < 4.78 is 2.90. The zero-order valence-corrected chi connectivity index (χ0v) is 15.1. The SMILES string of the molecule is Clc1cccc(-n2nc(-c3ccc(Br)cc3)c3c2NCC3)c1Cl. The van der Waals surface area contributed by atoms with Gasteiger partial charge in [0.1, 0.15) is 5.82 Å². The number of fused-ring (bicyclic) bond motifs is 1. The lowest BCUT2D eigenvalue weighted by molar-refractivity contribution is 0.882. The molecular weight excluding hydrogens is 397 g/mol. The summed E-state index contributed by atoms with van der Waals surface area (Å²) in [7, 11) is 0. The molecule has 0 unspecified atom stereocenters. The second-order valence-corrected chi connectivity index (χ2v) is 7.05. The Morgan fingerprint density at radius 3 is 2.65 bits per heavy atom. The molecule has 0 saturated heterocycles. The van der Waals surface area contributed by atoms with E-state index in [0.717, 1.165) is 40.2 Å². The lowest BCUT2D eigenvalue weighted by atomic mass is 10.1. The predicted octanol–water partition coefficient (Wildman–Crippen LogP) is 5.58. The number of benzene rings is 2. The highest BCUT2D eigenvalue weighted by atomic mass is 79.9. The first-order valence-corrected chi connectivity index (χ1v) is 8.76. The smallest absolute Gasteiger partial charge is 0.133 e. The minimum Gasteiger partial charge on any atom is -0.369 e. The third-order valence-corrected chi connectivity index (χ3v) is 5.27. The molecule has 1 aromatic heterocycles. The van der Waals surface area contributed by atoms with E-state index < -0.39 is 0 Å². The van der Waals surface area contributed by atoms with Crippen molar-refractivity contribution in [2.24, 2.45) is 0 Å². The summed E-state index contributed by atoms with van der Waals surface area (Å²) in [5.74, 6) is 0.993. The number of nitrogens with zero attached hydrogens (tertiary/aromatic N) is 2. The Kier molecular flexibility index (Phi) is 3.84. The van der Waals surface area contributed by atoms with Gasteiger partial charge >= 0.3 is 0 Å². The molecule has 0 atom stereocenters. The van der Waals surface area contributed by atoms with E-state index >= 15 is 0 Å². The van der Waals surface area contributed by atoms with E-state index in [-0.39, 0.29) is 0 Å². The lowest BCUT2D eigenvalue weighted by Crippen LogP contribution is -2.05. The molecule has 23 heavy (non-hydrogen) atoms. The highest BCUT2D eigenvalue weighted by Gasteiger charge is 2.25. The number of hydrogen-bond acceptors (Lipinski definition) is 2. The van der Waals surface area contributed by atoms with Crippen LogP contribution in [-0.4, -0.2) is 16.3 Å². The molecule has 0 spiro atoms. The molecule has 0 radical (unpaired) electrons. The van der Waals surface area contributed by atoms with E-state index in [9.17, 15) is 0 Å². The molecule has 1 aliphatic rings. The third kappa shape index (κ3) is 2.55. The van der Waals surface area contributed by atoms with E-state index in [1.807, 2.05) is 28.9 Å². The minimum absolute atomic E-state index is 0.510. The van der Waals surface area contributed by atoms with Crippen LogP contribution >= 0.6 is 39.1 Å². The highest BCUT2D eigenvalue weighted by molar-refractivity contribution is 9.10. The van der Waals surface area contributed by atoms with Crippen LogP contribution in [0.15, 0.2) is 46.9 Å². The average molecular weight is 409 g/mol. The summed E-state index contributed by atoms with van der Waals surface area (Å²) in [6.07, 6.45) is 0.943. The van der Waals surface area contributed by atoms with Gasteiger partial charge < -0.3 is 5.32 Å². The molecule has 1 aliphatic heterocycles. The zero-order chi connectivity index (χ0) is 16.0. The standard InChI is InChI=1S/C17H12BrCl2N3/c18-11-6-4-10(5-7-11)16-12-8-9-21-17(12)23(22-16)14-3-1-2-13(19)15(14)20/h1-7,21H,8-9H2. The van der Waals surface area contributed by atoms with Crippen LogP contribution in [0.25, 0.3) is 16.9 Å². The van der Waals surface area contributed by atoms with Crippen molar-refractivity contribution in [2.45, 2.75) is 6.42 Å². The molecule has 3 aromatic rings. The molecule has 116 valence electrons. The molecule has 2 aromatic carbocycles. The second kappa shape index (κ2) is 5.86. The Hall–Kier alpha value is -1.49. The fourth-order valence-electron chi connectivity index (χ4n) is 2.84. The van der Waals surface area contributed by atoms with E-state index in [1.54, 1.807) is 6.07 Å². The fourth-order valence-corrected chi connectivity index (χ4v) is 3.48. The quantitative estimate of drug-likeness (QED) is 0.600. The van der Waals surface area contributed by atoms with Gasteiger partial charge in [0.25, 0.3) is 0 Å². The number of aromatic nitrogens is 2. The Bertz CT molecular complexity index is 888. The molecule has 1 N–H and O–H groups in total. The summed E-state index contributed by atoms with van der Waals surface area (Å²) in [6.45, 7) is 0.898. The van der Waals surface area contributed by atoms with Gasteiger partial charge in [-0.3, -0.25) is 0 Å². The van der Waals surface area contributed by atoms with Gasteiger partial charge in [-0.25, -0.2) is 4.68 Å². The van der Waals surface area contributed by atoms with Crippen molar-refractivity contribution in [1.29, 1.82) is 0 Å². The van der Waals surface area contributed by atoms with Crippen LogP contribution in [-0.2, 0) is 6.42 Å². The Labute approximate surface area is 152 Å². The van der Waals surface area contributed by atoms with E-state index in [0.29, 0.717) is 10.0 Å². The Morgan fingerprint density at radius 2 is 1.87 bits per heavy atom. The molecule has 0 saturated carbocycles. The molecule has 4 rings (SSSR count). The molecule has 0 aliphatic carbocycles. The van der Waals surface area contributed by atoms with E-state index in [1.165, 1.54) is 5.56 Å². The summed E-state index contributed by atoms with van der Waals surface area (Å²) in [6, 6.07) is 13.8. The molecule has 0 amide bonds. The predicted molar refractivity (Wildman–Crippen MR) is 98.9 cm³/mol. The van der Waals surface area contributed by atoms with Crippen LogP contribution in [0.1, 0.15) is 5.56 Å². The van der Waals surface area contributed by atoms with Crippen molar-refractivity contribution in [3.63, 3.8) is 0 Å². The van der Waals surface area contributed by atoms with Crippen LogP contribution in [0.3, 0.4) is 0 Å². The van der Waals surface area contributed by atoms with Crippen molar-refractivity contribution in [3.05, 3.63) is 62.5 Å². The molecule has 6 heteroatoms. The van der Waals surface area contributed by atoms with Gasteiger partial charge in [0, 0.05) is 22.1 Å². The Balaban J connectivity index is 1.91. The van der Waals surface area contributed by atoms with Gasteiger partial charge in [-0.05, 0) is 30.7 Å². The Morgan fingerprint density at radius 1 is 1.09 bits per heavy atom. The topological polar surface area (TPSA) is 29.9 Å². The lowest BCUT2D eigenvalue weighted by Gasteiger charge is -2.09. The fraction of sp³-hybridized carbons (Fsp3) is 0.118. The monoisotopic (exact) mass is 407 g/mol. The maximum absolute atomic E-state index is 6.38. The summed E-state index contributed by atoms with van der Waals surface area (Å²) in [5, 5.41) is 9.24. The van der Waals surface area contributed by atoms with E-state index in [4.69, 9.17) is 28.3 Å². The normalized spacial score (nSPS) is 13.0. The maximum Gasteiger partial charge on any atom is 0.133 e. The number of nitrogens with one attached hydrogen (secondary N) is 1. The number of anilines is 1. The molecule has 2 heterocycles. The zero-order valence-electron chi connectivity index (χ0n) is 12.0. The van der Waals surface area contributed by atoms with Gasteiger partial charge in [0.05, 0.1) is 21.4 Å². The van der Waals surface area contributed by atoms with Gasteiger partial charge in [-0.15, -0.1) is 0 Å². The average Bonchev–Trinajstić information content (AvgIpc) is 3.14. The maximum atomic E-state index is 6.38. The summed E-state index contributed by atoms with van der Waals surface area (Å²) >= 11 is 16.0. The first-order valence-electron chi connectivity index (χ1n) is 7.21. The number of halogens is 3. The van der Waals surface area contributed by atoms with Crippen molar-refractivity contribution in [3.8, 4) is 16.9 Å². The van der Waals surface area contributed by atoms with Crippen LogP contribution in [0.4, 0.5) is 5.82 Å².